The summed E-state index contributed by atoms with van der Waals surface area (Å²) >= 11 is 3.40. The van der Waals surface area contributed by atoms with E-state index >= 15 is 0 Å². The molecule has 2 aromatic heterocycles. The molecule has 0 N–H and O–H groups in total. The van der Waals surface area contributed by atoms with Gasteiger partial charge in [-0.15, -0.1) is 0 Å². The van der Waals surface area contributed by atoms with E-state index in [1.54, 1.807) is 35.1 Å². The molecule has 0 bridgehead atoms. The van der Waals surface area contributed by atoms with Crippen LogP contribution in [0.2, 0.25) is 0 Å². The van der Waals surface area contributed by atoms with Crippen LogP contribution in [0.5, 0.6) is 0 Å². The Morgan fingerprint density at radius 2 is 1.83 bits per heavy atom. The SMILES string of the molecule is O=c1c2nc(-c3ccc(Br)cc3)cn2ccn1-c1cccc(F)c1. The highest BCUT2D eigenvalue weighted by molar-refractivity contribution is 9.10. The fraction of sp³-hybridized carbons (Fsp3) is 0. The van der Waals surface area contributed by atoms with E-state index in [1.807, 2.05) is 24.3 Å². The van der Waals surface area contributed by atoms with Crippen LogP contribution in [0, 0.1) is 5.82 Å². The highest BCUT2D eigenvalue weighted by Gasteiger charge is 2.10. The quantitative estimate of drug-likeness (QED) is 0.523. The van der Waals surface area contributed by atoms with Crippen molar-refractivity contribution in [3.63, 3.8) is 0 Å². The molecule has 0 saturated carbocycles. The van der Waals surface area contributed by atoms with Crippen LogP contribution in [0.25, 0.3) is 22.6 Å². The van der Waals surface area contributed by atoms with Crippen molar-refractivity contribution < 1.29 is 4.39 Å². The Kier molecular flexibility index (Phi) is 3.54. The molecule has 0 radical (unpaired) electrons. The standard InChI is InChI=1S/C18H11BrFN3O/c19-13-6-4-12(5-7-13)16-11-22-8-9-23(18(24)17(22)21-16)15-3-1-2-14(20)10-15/h1-11H. The van der Waals surface area contributed by atoms with E-state index in [9.17, 15) is 9.18 Å². The minimum atomic E-state index is -0.391. The Morgan fingerprint density at radius 1 is 1.04 bits per heavy atom. The molecule has 0 fully saturated rings. The van der Waals surface area contributed by atoms with Crippen molar-refractivity contribution in [2.75, 3.05) is 0 Å². The molecule has 2 heterocycles. The molecule has 0 atom stereocenters. The van der Waals surface area contributed by atoms with E-state index in [0.29, 0.717) is 17.0 Å². The highest BCUT2D eigenvalue weighted by atomic mass is 79.9. The minimum Gasteiger partial charge on any atom is -0.300 e. The molecule has 4 aromatic rings. The lowest BCUT2D eigenvalue weighted by molar-refractivity contribution is 0.626. The predicted octanol–water partition coefficient (Wildman–Crippen LogP) is 4.05. The molecule has 0 spiro atoms. The number of aromatic nitrogens is 3. The number of fused-ring (bicyclic) bond motifs is 1. The molecule has 6 heteroatoms. The molecule has 0 aliphatic rings. The Bertz CT molecular complexity index is 1100. The van der Waals surface area contributed by atoms with Crippen LogP contribution in [-0.4, -0.2) is 14.0 Å². The van der Waals surface area contributed by atoms with Crippen molar-refractivity contribution in [1.82, 2.24) is 14.0 Å². The number of nitrogens with zero attached hydrogens (tertiary/aromatic N) is 3. The predicted molar refractivity (Wildman–Crippen MR) is 93.9 cm³/mol. The van der Waals surface area contributed by atoms with Gasteiger partial charge < -0.3 is 4.40 Å². The first-order chi connectivity index (χ1) is 11.6. The molecule has 0 saturated heterocycles. The zero-order chi connectivity index (χ0) is 16.7. The molecule has 24 heavy (non-hydrogen) atoms. The van der Waals surface area contributed by atoms with Gasteiger partial charge >= 0.3 is 0 Å². The molecular formula is C18H11BrFN3O. The van der Waals surface area contributed by atoms with E-state index in [1.165, 1.54) is 16.7 Å². The summed E-state index contributed by atoms with van der Waals surface area (Å²) in [6.45, 7) is 0. The molecule has 4 rings (SSSR count). The third-order valence-corrected chi connectivity index (χ3v) is 4.27. The summed E-state index contributed by atoms with van der Waals surface area (Å²) < 4.78 is 17.5. The lowest BCUT2D eigenvalue weighted by atomic mass is 10.2. The smallest absolute Gasteiger partial charge is 0.298 e. The third-order valence-electron chi connectivity index (χ3n) is 3.75. The van der Waals surface area contributed by atoms with Gasteiger partial charge in [-0.1, -0.05) is 34.1 Å². The van der Waals surface area contributed by atoms with Crippen LogP contribution in [-0.2, 0) is 0 Å². The summed E-state index contributed by atoms with van der Waals surface area (Å²) in [6.07, 6.45) is 5.14. The van der Waals surface area contributed by atoms with Gasteiger partial charge in [-0.05, 0) is 30.3 Å². The number of benzene rings is 2. The molecule has 0 aliphatic carbocycles. The van der Waals surface area contributed by atoms with Gasteiger partial charge in [-0.25, -0.2) is 9.37 Å². The van der Waals surface area contributed by atoms with Crippen LogP contribution >= 0.6 is 15.9 Å². The van der Waals surface area contributed by atoms with E-state index in [0.717, 1.165) is 10.0 Å². The lowest BCUT2D eigenvalue weighted by Crippen LogP contribution is -2.20. The zero-order valence-corrected chi connectivity index (χ0v) is 13.9. The zero-order valence-electron chi connectivity index (χ0n) is 12.4. The number of halogens is 2. The average Bonchev–Trinajstić information content (AvgIpc) is 3.01. The second-order valence-corrected chi connectivity index (χ2v) is 6.23. The summed E-state index contributed by atoms with van der Waals surface area (Å²) in [5, 5.41) is 0. The van der Waals surface area contributed by atoms with Crippen molar-refractivity contribution in [1.29, 1.82) is 0 Å². The first kappa shape index (κ1) is 14.8. The molecule has 0 amide bonds. The van der Waals surface area contributed by atoms with Gasteiger partial charge in [-0.3, -0.25) is 9.36 Å². The molecule has 118 valence electrons. The van der Waals surface area contributed by atoms with Crippen LogP contribution in [0.3, 0.4) is 0 Å². The van der Waals surface area contributed by atoms with Crippen molar-refractivity contribution in [2.24, 2.45) is 0 Å². The summed E-state index contributed by atoms with van der Waals surface area (Å²) in [7, 11) is 0. The van der Waals surface area contributed by atoms with Gasteiger partial charge in [0.05, 0.1) is 11.4 Å². The van der Waals surface area contributed by atoms with Crippen LogP contribution < -0.4 is 5.56 Å². The van der Waals surface area contributed by atoms with Crippen molar-refractivity contribution in [3.8, 4) is 16.9 Å². The van der Waals surface area contributed by atoms with Crippen LogP contribution in [0.4, 0.5) is 4.39 Å². The maximum Gasteiger partial charge on any atom is 0.298 e. The second-order valence-electron chi connectivity index (χ2n) is 5.32. The maximum absolute atomic E-state index is 13.4. The van der Waals surface area contributed by atoms with Gasteiger partial charge in [0.2, 0.25) is 5.65 Å². The first-order valence-electron chi connectivity index (χ1n) is 7.24. The van der Waals surface area contributed by atoms with E-state index in [-0.39, 0.29) is 5.56 Å². The fourth-order valence-electron chi connectivity index (χ4n) is 2.57. The number of hydrogen-bond acceptors (Lipinski definition) is 2. The first-order valence-corrected chi connectivity index (χ1v) is 8.03. The van der Waals surface area contributed by atoms with Gasteiger partial charge in [0, 0.05) is 28.6 Å². The summed E-state index contributed by atoms with van der Waals surface area (Å²) in [6, 6.07) is 13.6. The summed E-state index contributed by atoms with van der Waals surface area (Å²) in [5.74, 6) is -0.391. The van der Waals surface area contributed by atoms with Gasteiger partial charge in [0.1, 0.15) is 5.82 Å². The minimum absolute atomic E-state index is 0.291. The van der Waals surface area contributed by atoms with E-state index in [2.05, 4.69) is 20.9 Å². The number of hydrogen-bond donors (Lipinski definition) is 0. The Hall–Kier alpha value is -2.73. The number of imidazole rings is 1. The Morgan fingerprint density at radius 3 is 2.58 bits per heavy atom. The van der Waals surface area contributed by atoms with Gasteiger partial charge in [0.15, 0.2) is 0 Å². The molecular weight excluding hydrogens is 373 g/mol. The normalized spacial score (nSPS) is 11.1. The van der Waals surface area contributed by atoms with Crippen molar-refractivity contribution in [3.05, 3.63) is 87.8 Å². The Labute approximate surface area is 145 Å². The molecule has 2 aromatic carbocycles. The van der Waals surface area contributed by atoms with Crippen molar-refractivity contribution >= 4 is 21.6 Å². The average molecular weight is 384 g/mol. The van der Waals surface area contributed by atoms with E-state index < -0.39 is 5.82 Å². The fourth-order valence-corrected chi connectivity index (χ4v) is 2.83. The van der Waals surface area contributed by atoms with Gasteiger partial charge in [-0.2, -0.15) is 0 Å². The number of rotatable bonds is 2. The van der Waals surface area contributed by atoms with E-state index in [4.69, 9.17) is 0 Å². The second kappa shape index (κ2) is 5.72. The largest absolute Gasteiger partial charge is 0.300 e. The molecule has 0 aliphatic heterocycles. The topological polar surface area (TPSA) is 39.3 Å². The lowest BCUT2D eigenvalue weighted by Gasteiger charge is -2.05. The Balaban J connectivity index is 1.88. The van der Waals surface area contributed by atoms with Gasteiger partial charge in [0.25, 0.3) is 5.56 Å². The highest BCUT2D eigenvalue weighted by Crippen LogP contribution is 2.21. The monoisotopic (exact) mass is 383 g/mol. The van der Waals surface area contributed by atoms with Crippen LogP contribution in [0.15, 0.2) is 76.4 Å². The molecule has 0 unspecified atom stereocenters. The van der Waals surface area contributed by atoms with Crippen LogP contribution in [0.1, 0.15) is 0 Å². The summed E-state index contributed by atoms with van der Waals surface area (Å²) in [5.41, 5.74) is 2.08. The molecule has 4 nitrogen and oxygen atoms in total. The maximum atomic E-state index is 13.4. The van der Waals surface area contributed by atoms with Crippen molar-refractivity contribution in [2.45, 2.75) is 0 Å². The third kappa shape index (κ3) is 2.55. The summed E-state index contributed by atoms with van der Waals surface area (Å²) in [4.78, 5) is 17.1.